The van der Waals surface area contributed by atoms with Crippen LogP contribution in [0.15, 0.2) is 0 Å². The van der Waals surface area contributed by atoms with Crippen molar-refractivity contribution in [2.24, 2.45) is 11.5 Å². The summed E-state index contributed by atoms with van der Waals surface area (Å²) in [4.78, 5) is 0. The second kappa shape index (κ2) is 20.2. The fourth-order valence-electron chi connectivity index (χ4n) is 3.21. The Morgan fingerprint density at radius 3 is 1.28 bits per heavy atom. The van der Waals surface area contributed by atoms with Crippen LogP contribution in [0.25, 0.3) is 0 Å². The van der Waals surface area contributed by atoms with Gasteiger partial charge in [0, 0.05) is 12.1 Å². The van der Waals surface area contributed by atoms with Gasteiger partial charge in [0.25, 0.3) is 0 Å². The molecule has 0 bridgehead atoms. The Morgan fingerprint density at radius 2 is 0.880 bits per heavy atom. The number of hydrogen-bond acceptors (Lipinski definition) is 4. The first-order valence-electron chi connectivity index (χ1n) is 11.1. The van der Waals surface area contributed by atoms with E-state index in [1.807, 2.05) is 0 Å². The zero-order chi connectivity index (χ0) is 18.6. The lowest BCUT2D eigenvalue weighted by Crippen LogP contribution is -2.23. The Bertz CT molecular complexity index is 224. The van der Waals surface area contributed by atoms with E-state index in [9.17, 15) is 0 Å². The molecule has 0 amide bonds. The third-order valence-electron chi connectivity index (χ3n) is 4.86. The number of nitrogens with two attached hydrogens (primary N) is 2. The van der Waals surface area contributed by atoms with E-state index >= 15 is 0 Å². The van der Waals surface area contributed by atoms with Gasteiger partial charge in [-0.2, -0.15) is 0 Å². The first-order valence-corrected chi connectivity index (χ1v) is 11.1. The highest BCUT2D eigenvalue weighted by molar-refractivity contribution is 4.64. The first-order chi connectivity index (χ1) is 12.2. The largest absolute Gasteiger partial charge is 0.328 e. The predicted molar refractivity (Wildman–Crippen MR) is 113 cm³/mol. The van der Waals surface area contributed by atoms with Gasteiger partial charge in [-0.15, -0.1) is 0 Å². The fourth-order valence-corrected chi connectivity index (χ4v) is 3.21. The third-order valence-corrected chi connectivity index (χ3v) is 4.86. The summed E-state index contributed by atoms with van der Waals surface area (Å²) in [5.41, 5.74) is 12.4. The molecule has 0 aromatic rings. The monoisotopic (exact) mass is 356 g/mol. The molecule has 4 heteroatoms. The van der Waals surface area contributed by atoms with E-state index in [2.05, 4.69) is 24.5 Å². The average Bonchev–Trinajstić information content (AvgIpc) is 2.60. The highest BCUT2D eigenvalue weighted by Crippen LogP contribution is 2.12. The number of unbranched alkanes of at least 4 members (excludes halogenated alkanes) is 4. The second-order valence-corrected chi connectivity index (χ2v) is 7.65. The molecule has 25 heavy (non-hydrogen) atoms. The molecule has 152 valence electrons. The summed E-state index contributed by atoms with van der Waals surface area (Å²) >= 11 is 0. The lowest BCUT2D eigenvalue weighted by atomic mass is 10.0. The van der Waals surface area contributed by atoms with Gasteiger partial charge in [0.05, 0.1) is 0 Å². The molecular formula is C21H48N4. The normalized spacial score (nSPS) is 13.9. The molecule has 0 rings (SSSR count). The lowest BCUT2D eigenvalue weighted by molar-refractivity contribution is 0.473. The van der Waals surface area contributed by atoms with Crippen molar-refractivity contribution < 1.29 is 0 Å². The molecular weight excluding hydrogens is 308 g/mol. The Hall–Kier alpha value is -0.160. The third kappa shape index (κ3) is 20.0. The van der Waals surface area contributed by atoms with E-state index in [1.54, 1.807) is 0 Å². The Kier molecular flexibility index (Phi) is 20.0. The van der Waals surface area contributed by atoms with Gasteiger partial charge in [-0.3, -0.25) is 0 Å². The quantitative estimate of drug-likeness (QED) is 0.249. The van der Waals surface area contributed by atoms with Crippen molar-refractivity contribution in [2.45, 2.75) is 109 Å². The van der Waals surface area contributed by atoms with Crippen LogP contribution in [0.2, 0.25) is 0 Å². The summed E-state index contributed by atoms with van der Waals surface area (Å²) in [6.07, 6.45) is 16.2. The maximum Gasteiger partial charge on any atom is 0.00393 e. The van der Waals surface area contributed by atoms with Crippen LogP contribution in [-0.2, 0) is 0 Å². The van der Waals surface area contributed by atoms with Gasteiger partial charge in [-0.05, 0) is 77.5 Å². The van der Waals surface area contributed by atoms with Crippen molar-refractivity contribution in [1.29, 1.82) is 0 Å². The summed E-state index contributed by atoms with van der Waals surface area (Å²) in [6.45, 7) is 8.92. The summed E-state index contributed by atoms with van der Waals surface area (Å²) in [7, 11) is 0. The highest BCUT2D eigenvalue weighted by atomic mass is 14.8. The molecule has 0 radical (unpaired) electrons. The van der Waals surface area contributed by atoms with Crippen LogP contribution in [-0.4, -0.2) is 38.3 Å². The Balaban J connectivity index is 3.23. The molecule has 6 N–H and O–H groups in total. The van der Waals surface area contributed by atoms with Gasteiger partial charge in [-0.1, -0.05) is 46.0 Å². The molecule has 0 heterocycles. The van der Waals surface area contributed by atoms with Gasteiger partial charge < -0.3 is 22.1 Å². The van der Waals surface area contributed by atoms with Gasteiger partial charge in [0.1, 0.15) is 0 Å². The minimum absolute atomic E-state index is 0.401. The first kappa shape index (κ1) is 24.8. The van der Waals surface area contributed by atoms with Crippen LogP contribution < -0.4 is 22.1 Å². The van der Waals surface area contributed by atoms with Crippen LogP contribution >= 0.6 is 0 Å². The van der Waals surface area contributed by atoms with Crippen molar-refractivity contribution in [3.63, 3.8) is 0 Å². The van der Waals surface area contributed by atoms with Crippen LogP contribution in [0.1, 0.15) is 97.3 Å². The molecule has 0 saturated heterocycles. The van der Waals surface area contributed by atoms with Gasteiger partial charge >= 0.3 is 0 Å². The van der Waals surface area contributed by atoms with E-state index in [4.69, 9.17) is 11.5 Å². The molecule has 0 aromatic carbocycles. The topological polar surface area (TPSA) is 76.1 Å². The minimum atomic E-state index is 0.401. The summed E-state index contributed by atoms with van der Waals surface area (Å²) in [5, 5.41) is 6.88. The summed E-state index contributed by atoms with van der Waals surface area (Å²) in [5.74, 6) is 0. The highest BCUT2D eigenvalue weighted by Gasteiger charge is 2.04. The molecule has 0 aliphatic rings. The second-order valence-electron chi connectivity index (χ2n) is 7.65. The molecule has 2 unspecified atom stereocenters. The minimum Gasteiger partial charge on any atom is -0.328 e. The molecule has 2 atom stereocenters. The Labute approximate surface area is 158 Å². The van der Waals surface area contributed by atoms with Crippen molar-refractivity contribution >= 4 is 0 Å². The number of rotatable bonds is 20. The zero-order valence-corrected chi connectivity index (χ0v) is 17.3. The molecule has 0 saturated carbocycles. The van der Waals surface area contributed by atoms with Crippen LogP contribution in [0.3, 0.4) is 0 Å². The number of hydrogen-bond donors (Lipinski definition) is 4. The van der Waals surface area contributed by atoms with Crippen LogP contribution in [0, 0.1) is 0 Å². The van der Waals surface area contributed by atoms with Crippen LogP contribution in [0.4, 0.5) is 0 Å². The van der Waals surface area contributed by atoms with E-state index in [-0.39, 0.29) is 0 Å². The molecule has 0 aromatic heterocycles. The van der Waals surface area contributed by atoms with Gasteiger partial charge in [-0.25, -0.2) is 0 Å². The van der Waals surface area contributed by atoms with E-state index in [0.717, 1.165) is 26.2 Å². The van der Waals surface area contributed by atoms with Crippen LogP contribution in [0.5, 0.6) is 0 Å². The summed E-state index contributed by atoms with van der Waals surface area (Å²) < 4.78 is 0. The fraction of sp³-hybridized carbons (Fsp3) is 1.00. The molecule has 4 nitrogen and oxygen atoms in total. The van der Waals surface area contributed by atoms with E-state index in [0.29, 0.717) is 12.1 Å². The predicted octanol–water partition coefficient (Wildman–Crippen LogP) is 3.93. The molecule has 0 aliphatic heterocycles. The maximum atomic E-state index is 6.20. The van der Waals surface area contributed by atoms with Crippen molar-refractivity contribution in [1.82, 2.24) is 10.6 Å². The zero-order valence-electron chi connectivity index (χ0n) is 17.3. The smallest absolute Gasteiger partial charge is 0.00393 e. The van der Waals surface area contributed by atoms with Crippen molar-refractivity contribution in [3.05, 3.63) is 0 Å². The maximum absolute atomic E-state index is 6.20. The number of nitrogens with one attached hydrogen (secondary N) is 2. The standard InChI is InChI=1S/C21H48N4/c1-3-16-24-18-10-14-20(22)12-8-6-5-7-9-13-21(23)15-11-19-25-17-4-2/h20-21,24-25H,3-19,22-23H2,1-2H3. The molecule has 0 aliphatic carbocycles. The SMILES string of the molecule is CCCNCCCC(N)CCCCCCCC(N)CCCNCCC. The van der Waals surface area contributed by atoms with Crippen molar-refractivity contribution in [3.8, 4) is 0 Å². The van der Waals surface area contributed by atoms with Gasteiger partial charge in [0.15, 0.2) is 0 Å². The summed E-state index contributed by atoms with van der Waals surface area (Å²) in [6, 6.07) is 0.802. The lowest BCUT2D eigenvalue weighted by Gasteiger charge is -2.12. The van der Waals surface area contributed by atoms with Gasteiger partial charge in [0.2, 0.25) is 0 Å². The molecule has 0 spiro atoms. The van der Waals surface area contributed by atoms with E-state index in [1.165, 1.54) is 83.5 Å². The van der Waals surface area contributed by atoms with E-state index < -0.39 is 0 Å². The van der Waals surface area contributed by atoms with Crippen molar-refractivity contribution in [2.75, 3.05) is 26.2 Å². The molecule has 0 fully saturated rings. The Morgan fingerprint density at radius 1 is 0.520 bits per heavy atom. The average molecular weight is 357 g/mol.